The summed E-state index contributed by atoms with van der Waals surface area (Å²) in [6.45, 7) is 4.11. The maximum Gasteiger partial charge on any atom is 0.122 e. The molecule has 1 aromatic carbocycles. The van der Waals surface area contributed by atoms with Gasteiger partial charge in [0.2, 0.25) is 0 Å². The lowest BCUT2D eigenvalue weighted by molar-refractivity contribution is 0.393. The van der Waals surface area contributed by atoms with Crippen LogP contribution in [0.1, 0.15) is 25.0 Å². The van der Waals surface area contributed by atoms with Crippen molar-refractivity contribution in [3.63, 3.8) is 0 Å². The van der Waals surface area contributed by atoms with E-state index in [1.807, 2.05) is 19.1 Å². The Bertz CT molecular complexity index is 348. The highest BCUT2D eigenvalue weighted by Crippen LogP contribution is 2.31. The SMILES string of the molecule is CCc1c(OC)ccc(OC)c1CC(C)N. The number of hydrogen-bond acceptors (Lipinski definition) is 3. The van der Waals surface area contributed by atoms with E-state index in [2.05, 4.69) is 6.92 Å². The minimum atomic E-state index is 0.117. The van der Waals surface area contributed by atoms with Gasteiger partial charge in [-0.3, -0.25) is 0 Å². The van der Waals surface area contributed by atoms with Gasteiger partial charge in [-0.05, 0) is 31.9 Å². The lowest BCUT2D eigenvalue weighted by Crippen LogP contribution is -2.19. The molecule has 0 aliphatic heterocycles. The molecule has 0 bridgehead atoms. The summed E-state index contributed by atoms with van der Waals surface area (Å²) >= 11 is 0. The molecule has 0 heterocycles. The third-order valence-corrected chi connectivity index (χ3v) is 2.66. The fraction of sp³-hybridized carbons (Fsp3) is 0.538. The molecular weight excluding hydrogens is 202 g/mol. The van der Waals surface area contributed by atoms with Crippen LogP contribution in [0.2, 0.25) is 0 Å². The maximum absolute atomic E-state index is 5.87. The minimum absolute atomic E-state index is 0.117. The molecule has 1 aromatic rings. The summed E-state index contributed by atoms with van der Waals surface area (Å²) in [5.41, 5.74) is 8.23. The molecule has 0 saturated carbocycles. The van der Waals surface area contributed by atoms with Crippen LogP contribution in [-0.4, -0.2) is 20.3 Å². The van der Waals surface area contributed by atoms with E-state index in [1.165, 1.54) is 11.1 Å². The van der Waals surface area contributed by atoms with Crippen LogP contribution >= 0.6 is 0 Å². The summed E-state index contributed by atoms with van der Waals surface area (Å²) in [5.74, 6) is 1.81. The highest BCUT2D eigenvalue weighted by molar-refractivity contribution is 5.49. The third kappa shape index (κ3) is 2.67. The van der Waals surface area contributed by atoms with Gasteiger partial charge in [-0.2, -0.15) is 0 Å². The lowest BCUT2D eigenvalue weighted by atomic mass is 9.97. The number of methoxy groups -OCH3 is 2. The van der Waals surface area contributed by atoms with Crippen molar-refractivity contribution in [2.75, 3.05) is 14.2 Å². The van der Waals surface area contributed by atoms with E-state index < -0.39 is 0 Å². The Labute approximate surface area is 97.6 Å². The van der Waals surface area contributed by atoms with Crippen LogP contribution in [0.4, 0.5) is 0 Å². The van der Waals surface area contributed by atoms with Crippen LogP contribution in [-0.2, 0) is 12.8 Å². The Morgan fingerprint density at radius 3 is 2.00 bits per heavy atom. The molecule has 0 radical (unpaired) electrons. The first-order chi connectivity index (χ1) is 7.63. The Hall–Kier alpha value is -1.22. The summed E-state index contributed by atoms with van der Waals surface area (Å²) in [6, 6.07) is 4.00. The first-order valence-corrected chi connectivity index (χ1v) is 5.62. The van der Waals surface area contributed by atoms with E-state index in [4.69, 9.17) is 15.2 Å². The Morgan fingerprint density at radius 2 is 1.62 bits per heavy atom. The second kappa shape index (κ2) is 5.75. The van der Waals surface area contributed by atoms with Crippen LogP contribution in [0.15, 0.2) is 12.1 Å². The topological polar surface area (TPSA) is 44.5 Å². The first kappa shape index (κ1) is 12.8. The van der Waals surface area contributed by atoms with Gasteiger partial charge >= 0.3 is 0 Å². The molecule has 1 unspecified atom stereocenters. The predicted molar refractivity (Wildman–Crippen MR) is 66.3 cm³/mol. The molecule has 90 valence electrons. The van der Waals surface area contributed by atoms with Crippen LogP contribution in [0.3, 0.4) is 0 Å². The second-order valence-corrected chi connectivity index (χ2v) is 3.96. The van der Waals surface area contributed by atoms with Crippen molar-refractivity contribution in [2.24, 2.45) is 5.73 Å². The number of rotatable bonds is 5. The predicted octanol–water partition coefficient (Wildman–Crippen LogP) is 2.16. The zero-order valence-corrected chi connectivity index (χ0v) is 10.5. The second-order valence-electron chi connectivity index (χ2n) is 3.96. The van der Waals surface area contributed by atoms with Crippen LogP contribution in [0.5, 0.6) is 11.5 Å². The zero-order valence-electron chi connectivity index (χ0n) is 10.5. The first-order valence-electron chi connectivity index (χ1n) is 5.62. The summed E-state index contributed by atoms with van der Waals surface area (Å²) in [7, 11) is 3.38. The van der Waals surface area contributed by atoms with Crippen molar-refractivity contribution in [3.05, 3.63) is 23.3 Å². The van der Waals surface area contributed by atoms with Crippen molar-refractivity contribution in [1.82, 2.24) is 0 Å². The molecule has 0 spiro atoms. The summed E-state index contributed by atoms with van der Waals surface area (Å²) in [4.78, 5) is 0. The van der Waals surface area contributed by atoms with Gasteiger partial charge in [-0.25, -0.2) is 0 Å². The molecule has 1 atom stereocenters. The molecule has 0 aliphatic rings. The van der Waals surface area contributed by atoms with Crippen LogP contribution in [0.25, 0.3) is 0 Å². The fourth-order valence-corrected chi connectivity index (χ4v) is 1.97. The van der Waals surface area contributed by atoms with Crippen LogP contribution < -0.4 is 15.2 Å². The standard InChI is InChI=1S/C13H21NO2/c1-5-10-11(8-9(2)14)13(16-4)7-6-12(10)15-3/h6-7,9H,5,8,14H2,1-4H3. The monoisotopic (exact) mass is 223 g/mol. The van der Waals surface area contributed by atoms with E-state index in [9.17, 15) is 0 Å². The molecule has 0 aromatic heterocycles. The van der Waals surface area contributed by atoms with Crippen molar-refractivity contribution in [1.29, 1.82) is 0 Å². The molecular formula is C13H21NO2. The highest BCUT2D eigenvalue weighted by atomic mass is 16.5. The van der Waals surface area contributed by atoms with Crippen LogP contribution in [0, 0.1) is 0 Å². The Kier molecular flexibility index (Phi) is 4.62. The molecule has 0 amide bonds. The highest BCUT2D eigenvalue weighted by Gasteiger charge is 2.14. The number of ether oxygens (including phenoxy) is 2. The van der Waals surface area contributed by atoms with Crippen molar-refractivity contribution >= 4 is 0 Å². The minimum Gasteiger partial charge on any atom is -0.496 e. The van der Waals surface area contributed by atoms with Crippen molar-refractivity contribution in [3.8, 4) is 11.5 Å². The zero-order chi connectivity index (χ0) is 12.1. The van der Waals surface area contributed by atoms with Gasteiger partial charge in [0, 0.05) is 17.2 Å². The molecule has 3 nitrogen and oxygen atoms in total. The quantitative estimate of drug-likeness (QED) is 0.832. The molecule has 3 heteroatoms. The number of benzene rings is 1. The van der Waals surface area contributed by atoms with E-state index >= 15 is 0 Å². The largest absolute Gasteiger partial charge is 0.496 e. The van der Waals surface area contributed by atoms with Gasteiger partial charge in [-0.1, -0.05) is 6.92 Å². The third-order valence-electron chi connectivity index (χ3n) is 2.66. The van der Waals surface area contributed by atoms with E-state index in [-0.39, 0.29) is 6.04 Å². The lowest BCUT2D eigenvalue weighted by Gasteiger charge is -2.17. The summed E-state index contributed by atoms with van der Waals surface area (Å²) in [5, 5.41) is 0. The number of nitrogens with two attached hydrogens (primary N) is 1. The normalized spacial score (nSPS) is 12.3. The summed E-state index contributed by atoms with van der Waals surface area (Å²) < 4.78 is 10.7. The summed E-state index contributed by atoms with van der Waals surface area (Å²) in [6.07, 6.45) is 1.73. The molecule has 0 saturated heterocycles. The van der Waals surface area contributed by atoms with Gasteiger partial charge in [0.15, 0.2) is 0 Å². The number of hydrogen-bond donors (Lipinski definition) is 1. The van der Waals surface area contributed by atoms with E-state index in [0.29, 0.717) is 0 Å². The fourth-order valence-electron chi connectivity index (χ4n) is 1.97. The smallest absolute Gasteiger partial charge is 0.122 e. The van der Waals surface area contributed by atoms with Gasteiger partial charge in [0.1, 0.15) is 11.5 Å². The molecule has 16 heavy (non-hydrogen) atoms. The van der Waals surface area contributed by atoms with Gasteiger partial charge in [0.25, 0.3) is 0 Å². The average Bonchev–Trinajstić information content (AvgIpc) is 2.27. The van der Waals surface area contributed by atoms with E-state index in [1.54, 1.807) is 14.2 Å². The maximum atomic E-state index is 5.87. The van der Waals surface area contributed by atoms with Gasteiger partial charge < -0.3 is 15.2 Å². The average molecular weight is 223 g/mol. The van der Waals surface area contributed by atoms with Gasteiger partial charge in [-0.15, -0.1) is 0 Å². The van der Waals surface area contributed by atoms with Gasteiger partial charge in [0.05, 0.1) is 14.2 Å². The molecule has 2 N–H and O–H groups in total. The Balaban J connectivity index is 3.25. The molecule has 0 fully saturated rings. The van der Waals surface area contributed by atoms with Crippen molar-refractivity contribution in [2.45, 2.75) is 32.7 Å². The Morgan fingerprint density at radius 1 is 1.12 bits per heavy atom. The van der Waals surface area contributed by atoms with E-state index in [0.717, 1.165) is 24.3 Å². The molecule has 0 aliphatic carbocycles. The molecule has 1 rings (SSSR count). The van der Waals surface area contributed by atoms with Crippen molar-refractivity contribution < 1.29 is 9.47 Å².